The molecule has 1 fully saturated rings. The second-order valence-corrected chi connectivity index (χ2v) is 7.43. The highest BCUT2D eigenvalue weighted by Gasteiger charge is 2.20. The molecular formula is C19H23N3O4S. The fourth-order valence-electron chi connectivity index (χ4n) is 2.95. The summed E-state index contributed by atoms with van der Waals surface area (Å²) in [6.07, 6.45) is 4.78. The highest BCUT2D eigenvalue weighted by molar-refractivity contribution is 7.98. The maximum absolute atomic E-state index is 12.5. The molecule has 1 saturated heterocycles. The van der Waals surface area contributed by atoms with Crippen LogP contribution in [0.5, 0.6) is 0 Å². The second kappa shape index (κ2) is 9.03. The smallest absolute Gasteiger partial charge is 0.341 e. The summed E-state index contributed by atoms with van der Waals surface area (Å²) in [6, 6.07) is 3.35. The van der Waals surface area contributed by atoms with E-state index in [2.05, 4.69) is 10.1 Å². The SMILES string of the molecule is Cc1noc(C)c1CSc1ncccc1C(=O)OCC(=O)N1CCCCC1. The molecule has 8 heteroatoms. The molecule has 0 aromatic carbocycles. The zero-order valence-electron chi connectivity index (χ0n) is 15.6. The molecule has 1 amide bonds. The molecular weight excluding hydrogens is 366 g/mol. The lowest BCUT2D eigenvalue weighted by Gasteiger charge is -2.26. The number of nitrogens with zero attached hydrogens (tertiary/aromatic N) is 3. The van der Waals surface area contributed by atoms with E-state index >= 15 is 0 Å². The molecule has 0 radical (unpaired) electrons. The number of amides is 1. The summed E-state index contributed by atoms with van der Waals surface area (Å²) in [5.74, 6) is 0.671. The van der Waals surface area contributed by atoms with Crippen molar-refractivity contribution in [3.05, 3.63) is 40.9 Å². The Balaban J connectivity index is 1.60. The number of hydrogen-bond acceptors (Lipinski definition) is 7. The van der Waals surface area contributed by atoms with Gasteiger partial charge in [-0.1, -0.05) is 5.16 Å². The topological polar surface area (TPSA) is 85.5 Å². The number of carbonyl (C=O) groups excluding carboxylic acids is 2. The van der Waals surface area contributed by atoms with Crippen LogP contribution in [0.1, 0.15) is 46.6 Å². The van der Waals surface area contributed by atoms with Crippen LogP contribution in [0.2, 0.25) is 0 Å². The third kappa shape index (κ3) is 4.88. The molecule has 0 spiro atoms. The van der Waals surface area contributed by atoms with Crippen molar-refractivity contribution in [3.63, 3.8) is 0 Å². The van der Waals surface area contributed by atoms with Crippen LogP contribution in [0, 0.1) is 13.8 Å². The van der Waals surface area contributed by atoms with Gasteiger partial charge in [0.15, 0.2) is 6.61 Å². The first kappa shape index (κ1) is 19.4. The number of thioether (sulfide) groups is 1. The third-order valence-electron chi connectivity index (χ3n) is 4.56. The molecule has 2 aromatic heterocycles. The highest BCUT2D eigenvalue weighted by atomic mass is 32.2. The maximum atomic E-state index is 12.5. The largest absolute Gasteiger partial charge is 0.452 e. The van der Waals surface area contributed by atoms with E-state index in [-0.39, 0.29) is 12.5 Å². The Labute approximate surface area is 162 Å². The van der Waals surface area contributed by atoms with Crippen LogP contribution in [0.3, 0.4) is 0 Å². The van der Waals surface area contributed by atoms with Gasteiger partial charge < -0.3 is 14.2 Å². The average Bonchev–Trinajstić information content (AvgIpc) is 3.02. The summed E-state index contributed by atoms with van der Waals surface area (Å²) in [5.41, 5.74) is 2.18. The summed E-state index contributed by atoms with van der Waals surface area (Å²) in [4.78, 5) is 30.7. The van der Waals surface area contributed by atoms with Gasteiger partial charge in [0.05, 0.1) is 11.3 Å². The molecule has 0 unspecified atom stereocenters. The van der Waals surface area contributed by atoms with Crippen molar-refractivity contribution < 1.29 is 18.8 Å². The average molecular weight is 389 g/mol. The summed E-state index contributed by atoms with van der Waals surface area (Å²) < 4.78 is 10.4. The molecule has 0 atom stereocenters. The number of rotatable bonds is 6. The number of hydrogen-bond donors (Lipinski definition) is 0. The first-order chi connectivity index (χ1) is 13.1. The van der Waals surface area contributed by atoms with Crippen molar-refractivity contribution in [1.82, 2.24) is 15.0 Å². The van der Waals surface area contributed by atoms with Gasteiger partial charge in [0, 0.05) is 30.6 Å². The number of ether oxygens (including phenoxy) is 1. The van der Waals surface area contributed by atoms with E-state index in [0.29, 0.717) is 16.3 Å². The van der Waals surface area contributed by atoms with E-state index in [1.807, 2.05) is 13.8 Å². The van der Waals surface area contributed by atoms with Crippen LogP contribution < -0.4 is 0 Å². The van der Waals surface area contributed by atoms with Gasteiger partial charge in [-0.05, 0) is 45.2 Å². The van der Waals surface area contributed by atoms with Gasteiger partial charge in [-0.3, -0.25) is 4.79 Å². The highest BCUT2D eigenvalue weighted by Crippen LogP contribution is 2.27. The Morgan fingerprint density at radius 3 is 2.74 bits per heavy atom. The van der Waals surface area contributed by atoms with Gasteiger partial charge in [-0.2, -0.15) is 0 Å². The van der Waals surface area contributed by atoms with Crippen molar-refractivity contribution in [2.45, 2.75) is 43.9 Å². The first-order valence-corrected chi connectivity index (χ1v) is 9.99. The molecule has 0 N–H and O–H groups in total. The molecule has 1 aliphatic rings. The van der Waals surface area contributed by atoms with Crippen LogP contribution >= 0.6 is 11.8 Å². The molecule has 2 aromatic rings. The van der Waals surface area contributed by atoms with Crippen LogP contribution in [0.4, 0.5) is 0 Å². The molecule has 7 nitrogen and oxygen atoms in total. The van der Waals surface area contributed by atoms with Crippen LogP contribution in [-0.2, 0) is 15.3 Å². The first-order valence-electron chi connectivity index (χ1n) is 9.00. The summed E-state index contributed by atoms with van der Waals surface area (Å²) in [6.45, 7) is 4.98. The molecule has 27 heavy (non-hydrogen) atoms. The van der Waals surface area contributed by atoms with Gasteiger partial charge in [-0.25, -0.2) is 9.78 Å². The quantitative estimate of drug-likeness (QED) is 0.554. The Morgan fingerprint density at radius 1 is 1.26 bits per heavy atom. The van der Waals surface area contributed by atoms with Crippen LogP contribution in [-0.4, -0.2) is 46.6 Å². The lowest BCUT2D eigenvalue weighted by atomic mass is 10.1. The lowest BCUT2D eigenvalue weighted by Crippen LogP contribution is -2.38. The van der Waals surface area contributed by atoms with E-state index in [9.17, 15) is 9.59 Å². The zero-order chi connectivity index (χ0) is 19.2. The van der Waals surface area contributed by atoms with E-state index in [0.717, 1.165) is 49.4 Å². The molecule has 3 rings (SSSR count). The number of aryl methyl sites for hydroxylation is 2. The van der Waals surface area contributed by atoms with Crippen molar-refractivity contribution in [2.24, 2.45) is 0 Å². The minimum Gasteiger partial charge on any atom is -0.452 e. The molecule has 3 heterocycles. The number of aromatic nitrogens is 2. The van der Waals surface area contributed by atoms with Crippen molar-refractivity contribution >= 4 is 23.6 Å². The monoisotopic (exact) mass is 389 g/mol. The molecule has 0 aliphatic carbocycles. The Hall–Kier alpha value is -2.35. The van der Waals surface area contributed by atoms with Crippen LogP contribution in [0.25, 0.3) is 0 Å². The van der Waals surface area contributed by atoms with Gasteiger partial charge in [-0.15, -0.1) is 11.8 Å². The number of piperidine rings is 1. The van der Waals surface area contributed by atoms with E-state index in [1.54, 1.807) is 23.2 Å². The second-order valence-electron chi connectivity index (χ2n) is 6.47. The summed E-state index contributed by atoms with van der Waals surface area (Å²) in [5, 5.41) is 4.50. The number of likely N-dealkylation sites (tertiary alicyclic amines) is 1. The fourth-order valence-corrected chi connectivity index (χ4v) is 4.08. The maximum Gasteiger partial charge on any atom is 0.341 e. The Morgan fingerprint density at radius 2 is 2.04 bits per heavy atom. The minimum atomic E-state index is -0.533. The lowest BCUT2D eigenvalue weighted by molar-refractivity contribution is -0.135. The summed E-state index contributed by atoms with van der Waals surface area (Å²) in [7, 11) is 0. The predicted octanol–water partition coefficient (Wildman–Crippen LogP) is 3.15. The van der Waals surface area contributed by atoms with Gasteiger partial charge in [0.2, 0.25) is 0 Å². The van der Waals surface area contributed by atoms with Gasteiger partial charge in [0.1, 0.15) is 10.8 Å². The predicted molar refractivity (Wildman–Crippen MR) is 100 cm³/mol. The Kier molecular flexibility index (Phi) is 6.49. The third-order valence-corrected chi connectivity index (χ3v) is 5.59. The molecule has 0 saturated carbocycles. The van der Waals surface area contributed by atoms with Crippen molar-refractivity contribution in [2.75, 3.05) is 19.7 Å². The van der Waals surface area contributed by atoms with E-state index in [4.69, 9.17) is 9.26 Å². The van der Waals surface area contributed by atoms with Crippen molar-refractivity contribution in [1.29, 1.82) is 0 Å². The van der Waals surface area contributed by atoms with Gasteiger partial charge >= 0.3 is 5.97 Å². The molecule has 1 aliphatic heterocycles. The zero-order valence-corrected chi connectivity index (χ0v) is 16.4. The van der Waals surface area contributed by atoms with E-state index in [1.165, 1.54) is 11.8 Å². The number of esters is 1. The van der Waals surface area contributed by atoms with Crippen LogP contribution in [0.15, 0.2) is 27.9 Å². The van der Waals surface area contributed by atoms with Crippen molar-refractivity contribution in [3.8, 4) is 0 Å². The number of carbonyl (C=O) groups is 2. The minimum absolute atomic E-state index is 0.142. The van der Waals surface area contributed by atoms with Gasteiger partial charge in [0.25, 0.3) is 5.91 Å². The molecule has 144 valence electrons. The summed E-state index contributed by atoms with van der Waals surface area (Å²) >= 11 is 1.42. The fraction of sp³-hybridized carbons (Fsp3) is 0.474. The molecule has 0 bridgehead atoms. The Bertz CT molecular complexity index is 796. The normalized spacial score (nSPS) is 14.2. The van der Waals surface area contributed by atoms with E-state index < -0.39 is 5.97 Å². The standard InChI is InChI=1S/C19H23N3O4S/c1-13-16(14(2)26-21-13)12-27-18-15(7-6-8-20-18)19(24)25-11-17(23)22-9-4-3-5-10-22/h6-8H,3-5,9-12H2,1-2H3. The number of pyridine rings is 1.